The van der Waals surface area contributed by atoms with Crippen molar-refractivity contribution in [1.29, 1.82) is 0 Å². The Morgan fingerprint density at radius 3 is 3.08 bits per heavy atom. The van der Waals surface area contributed by atoms with E-state index in [0.717, 1.165) is 15.3 Å². The first-order chi connectivity index (χ1) is 6.24. The molecule has 0 atom stereocenters. The molecule has 0 amide bonds. The number of hydrogen-bond donors (Lipinski definition) is 1. The molecular weight excluding hydrogens is 252 g/mol. The van der Waals surface area contributed by atoms with Crippen LogP contribution in [0.5, 0.6) is 0 Å². The molecule has 6 heteroatoms. The molecule has 2 aromatic heterocycles. The van der Waals surface area contributed by atoms with Gasteiger partial charge in [0.2, 0.25) is 0 Å². The molecule has 0 aliphatic carbocycles. The van der Waals surface area contributed by atoms with Gasteiger partial charge < -0.3 is 5.73 Å². The molecule has 2 aromatic rings. The minimum Gasteiger partial charge on any atom is -0.382 e. The summed E-state index contributed by atoms with van der Waals surface area (Å²) in [5.74, 6) is 0.488. The molecule has 13 heavy (non-hydrogen) atoms. The van der Waals surface area contributed by atoms with Gasteiger partial charge in [-0.2, -0.15) is 0 Å². The Hall–Kier alpha value is -0.750. The highest BCUT2D eigenvalue weighted by molar-refractivity contribution is 9.10. The van der Waals surface area contributed by atoms with E-state index < -0.39 is 0 Å². The van der Waals surface area contributed by atoms with E-state index in [0.29, 0.717) is 5.82 Å². The second-order valence-corrected chi connectivity index (χ2v) is 3.94. The normalized spacial score (nSPS) is 10.9. The molecule has 0 spiro atoms. The number of anilines is 1. The van der Waals surface area contributed by atoms with Crippen molar-refractivity contribution in [3.05, 3.63) is 17.0 Å². The van der Waals surface area contributed by atoms with Gasteiger partial charge in [-0.25, -0.2) is 9.97 Å². The first-order valence-corrected chi connectivity index (χ1v) is 5.58. The summed E-state index contributed by atoms with van der Waals surface area (Å²) in [6, 6.07) is 0. The van der Waals surface area contributed by atoms with Crippen LogP contribution in [0.1, 0.15) is 0 Å². The second-order valence-electron chi connectivity index (χ2n) is 2.42. The molecule has 0 fully saturated rings. The van der Waals surface area contributed by atoms with Gasteiger partial charge in [0.05, 0.1) is 0 Å². The molecule has 0 aromatic carbocycles. The van der Waals surface area contributed by atoms with Crippen LogP contribution in [0.4, 0.5) is 5.82 Å². The Morgan fingerprint density at radius 2 is 2.38 bits per heavy atom. The van der Waals surface area contributed by atoms with Crippen molar-refractivity contribution in [1.82, 2.24) is 14.4 Å². The van der Waals surface area contributed by atoms with Gasteiger partial charge in [-0.3, -0.25) is 4.40 Å². The lowest BCUT2D eigenvalue weighted by Crippen LogP contribution is -1.95. The predicted molar refractivity (Wildman–Crippen MR) is 56.9 cm³/mol. The average Bonchev–Trinajstić information content (AvgIpc) is 2.44. The van der Waals surface area contributed by atoms with Gasteiger partial charge >= 0.3 is 0 Å². The van der Waals surface area contributed by atoms with Gasteiger partial charge in [-0.05, 0) is 22.2 Å². The van der Waals surface area contributed by atoms with Gasteiger partial charge in [0.25, 0.3) is 0 Å². The van der Waals surface area contributed by atoms with Crippen LogP contribution in [-0.4, -0.2) is 20.6 Å². The van der Waals surface area contributed by atoms with E-state index in [1.807, 2.05) is 16.9 Å². The molecule has 2 N–H and O–H groups in total. The van der Waals surface area contributed by atoms with E-state index in [4.69, 9.17) is 5.73 Å². The van der Waals surface area contributed by atoms with Crippen LogP contribution in [0.2, 0.25) is 0 Å². The smallest absolute Gasteiger partial charge is 0.173 e. The number of halogens is 1. The molecule has 68 valence electrons. The highest BCUT2D eigenvalue weighted by atomic mass is 79.9. The topological polar surface area (TPSA) is 56.2 Å². The molecule has 2 heterocycles. The van der Waals surface area contributed by atoms with E-state index in [1.165, 1.54) is 0 Å². The molecule has 0 saturated heterocycles. The average molecular weight is 259 g/mol. The number of fused-ring (bicyclic) bond motifs is 1. The van der Waals surface area contributed by atoms with Gasteiger partial charge in [-0.15, -0.1) is 0 Å². The second kappa shape index (κ2) is 3.19. The highest BCUT2D eigenvalue weighted by Crippen LogP contribution is 2.26. The number of hydrogen-bond acceptors (Lipinski definition) is 4. The number of nitrogens with two attached hydrogens (primary N) is 1. The van der Waals surface area contributed by atoms with Crippen molar-refractivity contribution < 1.29 is 0 Å². The summed E-state index contributed by atoms with van der Waals surface area (Å²) in [5.41, 5.74) is 6.54. The number of nitrogens with zero attached hydrogens (tertiary/aromatic N) is 3. The fourth-order valence-corrected chi connectivity index (χ4v) is 2.35. The number of rotatable bonds is 1. The summed E-state index contributed by atoms with van der Waals surface area (Å²) in [6.07, 6.45) is 5.48. The zero-order valence-electron chi connectivity index (χ0n) is 6.86. The Balaban J connectivity index is 2.87. The van der Waals surface area contributed by atoms with E-state index in [1.54, 1.807) is 18.0 Å². The summed E-state index contributed by atoms with van der Waals surface area (Å²) in [5, 5.41) is 0.899. The molecule has 0 aliphatic rings. The maximum atomic E-state index is 5.71. The molecule has 0 bridgehead atoms. The van der Waals surface area contributed by atoms with Gasteiger partial charge in [0, 0.05) is 12.4 Å². The van der Waals surface area contributed by atoms with Crippen LogP contribution in [-0.2, 0) is 0 Å². The minimum atomic E-state index is 0.488. The lowest BCUT2D eigenvalue weighted by molar-refractivity contribution is 0.949. The largest absolute Gasteiger partial charge is 0.382 e. The van der Waals surface area contributed by atoms with Crippen molar-refractivity contribution in [2.75, 3.05) is 12.0 Å². The van der Waals surface area contributed by atoms with E-state index in [2.05, 4.69) is 25.9 Å². The Morgan fingerprint density at radius 1 is 1.62 bits per heavy atom. The van der Waals surface area contributed by atoms with Crippen LogP contribution >= 0.6 is 27.7 Å². The highest BCUT2D eigenvalue weighted by Gasteiger charge is 2.10. The number of imidazole rings is 1. The fourth-order valence-electron chi connectivity index (χ4n) is 1.14. The summed E-state index contributed by atoms with van der Waals surface area (Å²) < 4.78 is 2.65. The monoisotopic (exact) mass is 258 g/mol. The number of aromatic nitrogens is 3. The Labute approximate surface area is 87.7 Å². The lowest BCUT2D eigenvalue weighted by atomic mass is 10.5. The first-order valence-electron chi connectivity index (χ1n) is 3.56. The van der Waals surface area contributed by atoms with E-state index in [-0.39, 0.29) is 0 Å². The molecule has 0 radical (unpaired) electrons. The van der Waals surface area contributed by atoms with Gasteiger partial charge in [-0.1, -0.05) is 11.8 Å². The predicted octanol–water partition coefficient (Wildman–Crippen LogP) is 1.80. The summed E-state index contributed by atoms with van der Waals surface area (Å²) in [7, 11) is 0. The number of nitrogen functional groups attached to an aromatic ring is 1. The maximum absolute atomic E-state index is 5.71. The minimum absolute atomic E-state index is 0.488. The maximum Gasteiger partial charge on any atom is 0.173 e. The molecule has 0 saturated carbocycles. The van der Waals surface area contributed by atoms with Crippen molar-refractivity contribution in [2.45, 2.75) is 5.16 Å². The standard InChI is InChI=1S/C7H7BrN4S/c1-13-7-11-5(8)4-6(9)10-2-3-12(4)7/h2-3H,1H3,(H2,9,10). The molecule has 0 unspecified atom stereocenters. The fraction of sp³-hybridized carbons (Fsp3) is 0.143. The van der Waals surface area contributed by atoms with Crippen molar-refractivity contribution in [3.8, 4) is 0 Å². The van der Waals surface area contributed by atoms with E-state index in [9.17, 15) is 0 Å². The number of thioether (sulfide) groups is 1. The van der Waals surface area contributed by atoms with Crippen LogP contribution in [0.3, 0.4) is 0 Å². The molecule has 4 nitrogen and oxygen atoms in total. The third-order valence-corrected chi connectivity index (χ3v) is 2.90. The van der Waals surface area contributed by atoms with Crippen molar-refractivity contribution in [3.63, 3.8) is 0 Å². The summed E-state index contributed by atoms with van der Waals surface area (Å²) in [6.45, 7) is 0. The van der Waals surface area contributed by atoms with Gasteiger partial charge in [0.1, 0.15) is 10.1 Å². The third kappa shape index (κ3) is 1.30. The Kier molecular flexibility index (Phi) is 2.17. The van der Waals surface area contributed by atoms with Crippen LogP contribution in [0.25, 0.3) is 5.52 Å². The third-order valence-electron chi connectivity index (χ3n) is 1.69. The summed E-state index contributed by atoms with van der Waals surface area (Å²) >= 11 is 4.91. The zero-order chi connectivity index (χ0) is 9.42. The molecular formula is C7H7BrN4S. The van der Waals surface area contributed by atoms with Crippen LogP contribution in [0.15, 0.2) is 22.2 Å². The summed E-state index contributed by atoms with van der Waals surface area (Å²) in [4.78, 5) is 8.29. The molecule has 0 aliphatic heterocycles. The molecule has 2 rings (SSSR count). The van der Waals surface area contributed by atoms with Crippen LogP contribution < -0.4 is 5.73 Å². The Bertz CT molecular complexity index is 453. The quantitative estimate of drug-likeness (QED) is 0.793. The van der Waals surface area contributed by atoms with E-state index >= 15 is 0 Å². The SMILES string of the molecule is CSc1nc(Br)c2c(N)nccn12. The lowest BCUT2D eigenvalue weighted by Gasteiger charge is -1.98. The van der Waals surface area contributed by atoms with Crippen LogP contribution in [0, 0.1) is 0 Å². The van der Waals surface area contributed by atoms with Gasteiger partial charge in [0.15, 0.2) is 11.0 Å². The zero-order valence-corrected chi connectivity index (χ0v) is 9.26. The van der Waals surface area contributed by atoms with Crippen molar-refractivity contribution >= 4 is 39.0 Å². The van der Waals surface area contributed by atoms with Crippen molar-refractivity contribution in [2.24, 2.45) is 0 Å². The first kappa shape index (κ1) is 8.83.